The van der Waals surface area contributed by atoms with Crippen LogP contribution in [0.1, 0.15) is 41.6 Å². The van der Waals surface area contributed by atoms with Gasteiger partial charge in [-0.05, 0) is 30.5 Å². The van der Waals surface area contributed by atoms with E-state index in [1.165, 1.54) is 12.8 Å². The van der Waals surface area contributed by atoms with Crippen LogP contribution in [0.2, 0.25) is 0 Å². The van der Waals surface area contributed by atoms with E-state index in [2.05, 4.69) is 0 Å². The number of carbonyl (C=O) groups is 1. The van der Waals surface area contributed by atoms with Gasteiger partial charge in [0.2, 0.25) is 0 Å². The first-order valence-electron chi connectivity index (χ1n) is 7.64. The number of para-hydroxylation sites is 1. The quantitative estimate of drug-likeness (QED) is 0.746. The number of hydrogen-bond acceptors (Lipinski definition) is 2. The molecule has 0 spiro atoms. The van der Waals surface area contributed by atoms with Crippen LogP contribution in [0.5, 0.6) is 5.75 Å². The molecule has 0 bridgehead atoms. The molecule has 2 heteroatoms. The second-order valence-corrected chi connectivity index (χ2v) is 5.62. The first-order valence-corrected chi connectivity index (χ1v) is 7.64. The van der Waals surface area contributed by atoms with Crippen molar-refractivity contribution in [1.82, 2.24) is 0 Å². The molecule has 2 aromatic carbocycles. The molecule has 1 saturated carbocycles. The Balaban J connectivity index is 1.74. The van der Waals surface area contributed by atoms with Crippen LogP contribution in [0.25, 0.3) is 0 Å². The molecule has 0 unspecified atom stereocenters. The summed E-state index contributed by atoms with van der Waals surface area (Å²) in [5.74, 6) is 1.14. The molecule has 1 fully saturated rings. The summed E-state index contributed by atoms with van der Waals surface area (Å²) in [7, 11) is 0. The Labute approximate surface area is 125 Å². The van der Waals surface area contributed by atoms with Crippen molar-refractivity contribution >= 4 is 5.78 Å². The van der Waals surface area contributed by atoms with E-state index in [0.29, 0.717) is 12.4 Å². The van der Waals surface area contributed by atoms with Gasteiger partial charge in [0.15, 0.2) is 5.78 Å². The van der Waals surface area contributed by atoms with Crippen molar-refractivity contribution in [3.8, 4) is 5.75 Å². The minimum atomic E-state index is 0.187. The molecule has 0 amide bonds. The molecule has 0 heterocycles. The fraction of sp³-hybridized carbons (Fsp3) is 0.316. The van der Waals surface area contributed by atoms with E-state index in [1.54, 1.807) is 0 Å². The van der Waals surface area contributed by atoms with Gasteiger partial charge in [0, 0.05) is 5.92 Å². The van der Waals surface area contributed by atoms with Crippen molar-refractivity contribution in [3.05, 3.63) is 65.7 Å². The van der Waals surface area contributed by atoms with Crippen LogP contribution >= 0.6 is 0 Å². The Morgan fingerprint density at radius 2 is 1.62 bits per heavy atom. The Morgan fingerprint density at radius 1 is 0.952 bits per heavy atom. The van der Waals surface area contributed by atoms with Gasteiger partial charge in [-0.3, -0.25) is 4.79 Å². The van der Waals surface area contributed by atoms with Gasteiger partial charge in [0.1, 0.15) is 12.4 Å². The number of benzene rings is 2. The largest absolute Gasteiger partial charge is 0.488 e. The lowest BCUT2D eigenvalue weighted by molar-refractivity contribution is 0.0918. The molecule has 3 rings (SSSR count). The van der Waals surface area contributed by atoms with Crippen molar-refractivity contribution < 1.29 is 9.53 Å². The van der Waals surface area contributed by atoms with Crippen molar-refractivity contribution in [2.75, 3.05) is 0 Å². The molecule has 2 nitrogen and oxygen atoms in total. The van der Waals surface area contributed by atoms with Crippen LogP contribution in [0.3, 0.4) is 0 Å². The molecular formula is C19H20O2. The molecule has 0 radical (unpaired) electrons. The molecule has 0 aliphatic heterocycles. The number of ketones is 1. The molecule has 2 aromatic rings. The Bertz CT molecular complexity index is 598. The number of hydrogen-bond donors (Lipinski definition) is 0. The lowest BCUT2D eigenvalue weighted by Gasteiger charge is -2.13. The summed E-state index contributed by atoms with van der Waals surface area (Å²) in [6.45, 7) is 0.496. The molecule has 1 aliphatic rings. The third-order valence-corrected chi connectivity index (χ3v) is 4.12. The summed E-state index contributed by atoms with van der Waals surface area (Å²) in [6, 6.07) is 17.7. The second-order valence-electron chi connectivity index (χ2n) is 5.62. The number of rotatable bonds is 5. The maximum absolute atomic E-state index is 12.6. The topological polar surface area (TPSA) is 26.3 Å². The summed E-state index contributed by atoms with van der Waals surface area (Å²) in [6.07, 6.45) is 4.38. The van der Waals surface area contributed by atoms with E-state index in [4.69, 9.17) is 4.74 Å². The van der Waals surface area contributed by atoms with E-state index in [0.717, 1.165) is 24.0 Å². The fourth-order valence-electron chi connectivity index (χ4n) is 2.94. The first kappa shape index (κ1) is 13.9. The van der Waals surface area contributed by atoms with E-state index in [-0.39, 0.29) is 11.7 Å². The zero-order chi connectivity index (χ0) is 14.5. The van der Waals surface area contributed by atoms with Crippen LogP contribution in [0.15, 0.2) is 54.6 Å². The van der Waals surface area contributed by atoms with E-state index >= 15 is 0 Å². The molecule has 0 saturated heterocycles. The van der Waals surface area contributed by atoms with Gasteiger partial charge in [0.25, 0.3) is 0 Å². The average molecular weight is 280 g/mol. The van der Waals surface area contributed by atoms with Crippen LogP contribution < -0.4 is 4.74 Å². The van der Waals surface area contributed by atoms with Gasteiger partial charge in [0.05, 0.1) is 5.56 Å². The molecular weight excluding hydrogens is 260 g/mol. The highest BCUT2D eigenvalue weighted by Gasteiger charge is 2.25. The smallest absolute Gasteiger partial charge is 0.169 e. The standard InChI is InChI=1S/C19H20O2/c20-19(16-10-4-5-11-16)17-12-6-7-13-18(17)21-14-15-8-2-1-3-9-15/h1-3,6-9,12-13,16H,4-5,10-11,14H2. The maximum Gasteiger partial charge on any atom is 0.169 e. The van der Waals surface area contributed by atoms with Crippen molar-refractivity contribution in [3.63, 3.8) is 0 Å². The SMILES string of the molecule is O=C(c1ccccc1OCc1ccccc1)C1CCCC1. The van der Waals surface area contributed by atoms with E-state index in [9.17, 15) is 4.79 Å². The van der Waals surface area contributed by atoms with Crippen molar-refractivity contribution in [2.45, 2.75) is 32.3 Å². The van der Waals surface area contributed by atoms with Gasteiger partial charge >= 0.3 is 0 Å². The molecule has 0 N–H and O–H groups in total. The predicted octanol–water partition coefficient (Wildman–Crippen LogP) is 4.64. The fourth-order valence-corrected chi connectivity index (χ4v) is 2.94. The maximum atomic E-state index is 12.6. The summed E-state index contributed by atoms with van der Waals surface area (Å²) >= 11 is 0. The van der Waals surface area contributed by atoms with Gasteiger partial charge in [-0.25, -0.2) is 0 Å². The van der Waals surface area contributed by atoms with Gasteiger partial charge in [-0.1, -0.05) is 55.3 Å². The Kier molecular flexibility index (Phi) is 4.34. The molecule has 108 valence electrons. The summed E-state index contributed by atoms with van der Waals surface area (Å²) in [5, 5.41) is 0. The van der Waals surface area contributed by atoms with Gasteiger partial charge in [-0.2, -0.15) is 0 Å². The highest BCUT2D eigenvalue weighted by atomic mass is 16.5. The lowest BCUT2D eigenvalue weighted by atomic mass is 9.96. The summed E-state index contributed by atoms with van der Waals surface area (Å²) < 4.78 is 5.88. The van der Waals surface area contributed by atoms with Crippen LogP contribution in [0, 0.1) is 5.92 Å². The van der Waals surface area contributed by atoms with E-state index in [1.807, 2.05) is 54.6 Å². The van der Waals surface area contributed by atoms with Crippen molar-refractivity contribution in [1.29, 1.82) is 0 Å². The molecule has 0 aromatic heterocycles. The Morgan fingerprint density at radius 3 is 2.38 bits per heavy atom. The predicted molar refractivity (Wildman–Crippen MR) is 83.5 cm³/mol. The highest BCUT2D eigenvalue weighted by molar-refractivity contribution is 6.00. The zero-order valence-corrected chi connectivity index (χ0v) is 12.1. The van der Waals surface area contributed by atoms with Crippen LogP contribution in [-0.2, 0) is 6.61 Å². The minimum Gasteiger partial charge on any atom is -0.488 e. The molecule has 0 atom stereocenters. The number of carbonyl (C=O) groups excluding carboxylic acids is 1. The monoisotopic (exact) mass is 280 g/mol. The summed E-state index contributed by atoms with van der Waals surface area (Å²) in [5.41, 5.74) is 1.85. The highest BCUT2D eigenvalue weighted by Crippen LogP contribution is 2.31. The lowest BCUT2D eigenvalue weighted by Crippen LogP contribution is -2.12. The van der Waals surface area contributed by atoms with E-state index < -0.39 is 0 Å². The van der Waals surface area contributed by atoms with Gasteiger partial charge in [-0.15, -0.1) is 0 Å². The summed E-state index contributed by atoms with van der Waals surface area (Å²) in [4.78, 5) is 12.6. The van der Waals surface area contributed by atoms with Crippen LogP contribution in [0.4, 0.5) is 0 Å². The average Bonchev–Trinajstić information content (AvgIpc) is 3.08. The third-order valence-electron chi connectivity index (χ3n) is 4.12. The number of Topliss-reactive ketones (excluding diaryl/α,β-unsaturated/α-hetero) is 1. The Hall–Kier alpha value is -2.09. The minimum absolute atomic E-state index is 0.187. The third kappa shape index (κ3) is 3.33. The van der Waals surface area contributed by atoms with Gasteiger partial charge < -0.3 is 4.74 Å². The normalized spacial score (nSPS) is 15.0. The molecule has 1 aliphatic carbocycles. The van der Waals surface area contributed by atoms with Crippen molar-refractivity contribution in [2.24, 2.45) is 5.92 Å². The number of ether oxygens (including phenoxy) is 1. The molecule has 21 heavy (non-hydrogen) atoms. The zero-order valence-electron chi connectivity index (χ0n) is 12.1. The first-order chi connectivity index (χ1) is 10.3. The van der Waals surface area contributed by atoms with Crippen LogP contribution in [-0.4, -0.2) is 5.78 Å². The second kappa shape index (κ2) is 6.57.